The lowest BCUT2D eigenvalue weighted by molar-refractivity contribution is 0.413. The van der Waals surface area contributed by atoms with Crippen LogP contribution in [0.25, 0.3) is 0 Å². The summed E-state index contributed by atoms with van der Waals surface area (Å²) in [5, 5.41) is 8.85. The van der Waals surface area contributed by atoms with Gasteiger partial charge in [-0.15, -0.1) is 5.10 Å². The Labute approximate surface area is 96.2 Å². The molecule has 84 valence electrons. The maximum absolute atomic E-state index is 12.9. The number of nitrogens with one attached hydrogen (secondary N) is 1. The molecular weight excluding hydrogens is 229 g/mol. The molecule has 1 aromatic carbocycles. The molecule has 0 bridgehead atoms. The summed E-state index contributed by atoms with van der Waals surface area (Å²) in [6.45, 7) is 0.540. The van der Waals surface area contributed by atoms with E-state index in [-0.39, 0.29) is 5.82 Å². The van der Waals surface area contributed by atoms with Crippen LogP contribution in [0.2, 0.25) is 0 Å². The van der Waals surface area contributed by atoms with Gasteiger partial charge in [-0.3, -0.25) is 0 Å². The van der Waals surface area contributed by atoms with Gasteiger partial charge in [0.05, 0.1) is 25.0 Å². The fourth-order valence-electron chi connectivity index (χ4n) is 1.26. The van der Waals surface area contributed by atoms with Crippen molar-refractivity contribution in [2.24, 2.45) is 0 Å². The fraction of sp³-hybridized carbons (Fsp3) is 0.200. The van der Waals surface area contributed by atoms with Gasteiger partial charge in [0.15, 0.2) is 0 Å². The van der Waals surface area contributed by atoms with Crippen molar-refractivity contribution in [1.82, 2.24) is 9.59 Å². The predicted octanol–water partition coefficient (Wildman–Crippen LogP) is 2.30. The van der Waals surface area contributed by atoms with Crippen molar-refractivity contribution < 1.29 is 9.13 Å². The highest BCUT2D eigenvalue weighted by molar-refractivity contribution is 7.03. The summed E-state index contributed by atoms with van der Waals surface area (Å²) in [6, 6.07) is 4.35. The van der Waals surface area contributed by atoms with E-state index in [0.29, 0.717) is 12.3 Å². The van der Waals surface area contributed by atoms with Crippen molar-refractivity contribution in [1.29, 1.82) is 0 Å². The summed E-state index contributed by atoms with van der Waals surface area (Å²) in [5.74, 6) is 0.154. The lowest BCUT2D eigenvalue weighted by atomic mass is 10.2. The van der Waals surface area contributed by atoms with Crippen molar-refractivity contribution in [2.75, 3.05) is 12.4 Å². The van der Waals surface area contributed by atoms with Crippen LogP contribution < -0.4 is 10.1 Å². The number of halogens is 1. The Hall–Kier alpha value is -1.69. The smallest absolute Gasteiger partial charge is 0.144 e. The number of methoxy groups -OCH3 is 1. The number of benzene rings is 1. The first-order valence-corrected chi connectivity index (χ1v) is 5.46. The quantitative estimate of drug-likeness (QED) is 0.889. The molecule has 2 aromatic rings. The second-order valence-corrected chi connectivity index (χ2v) is 3.70. The highest BCUT2D eigenvalue weighted by Crippen LogP contribution is 2.25. The third kappa shape index (κ3) is 2.46. The molecule has 0 saturated heterocycles. The van der Waals surface area contributed by atoms with Crippen molar-refractivity contribution in [3.63, 3.8) is 0 Å². The zero-order valence-electron chi connectivity index (χ0n) is 8.61. The van der Waals surface area contributed by atoms with Crippen LogP contribution in [0.15, 0.2) is 23.6 Å². The van der Waals surface area contributed by atoms with Gasteiger partial charge in [-0.05, 0) is 23.7 Å². The molecule has 0 aliphatic carbocycles. The second kappa shape index (κ2) is 4.89. The van der Waals surface area contributed by atoms with Crippen molar-refractivity contribution in [3.05, 3.63) is 35.1 Å². The van der Waals surface area contributed by atoms with Gasteiger partial charge in [0, 0.05) is 11.4 Å². The van der Waals surface area contributed by atoms with E-state index in [9.17, 15) is 4.39 Å². The second-order valence-electron chi connectivity index (χ2n) is 3.09. The largest absolute Gasteiger partial charge is 0.494 e. The minimum absolute atomic E-state index is 0.322. The van der Waals surface area contributed by atoms with E-state index in [2.05, 4.69) is 14.9 Å². The molecule has 4 nitrogen and oxygen atoms in total. The van der Waals surface area contributed by atoms with E-state index < -0.39 is 0 Å². The first kappa shape index (κ1) is 10.8. The number of hydrogen-bond donors (Lipinski definition) is 1. The molecular formula is C10H10FN3OS. The molecule has 0 aliphatic heterocycles. The van der Waals surface area contributed by atoms with Crippen LogP contribution in [0.5, 0.6) is 5.75 Å². The Morgan fingerprint density at radius 2 is 2.38 bits per heavy atom. The molecule has 16 heavy (non-hydrogen) atoms. The highest BCUT2D eigenvalue weighted by atomic mass is 32.1. The highest BCUT2D eigenvalue weighted by Gasteiger charge is 2.04. The summed E-state index contributed by atoms with van der Waals surface area (Å²) in [6.07, 6.45) is 0. The van der Waals surface area contributed by atoms with Gasteiger partial charge in [-0.2, -0.15) is 0 Å². The van der Waals surface area contributed by atoms with Gasteiger partial charge in [0.25, 0.3) is 0 Å². The minimum atomic E-state index is -0.322. The van der Waals surface area contributed by atoms with Gasteiger partial charge in [-0.25, -0.2) is 4.39 Å². The zero-order valence-corrected chi connectivity index (χ0v) is 9.42. The molecule has 0 spiro atoms. The Morgan fingerprint density at radius 1 is 1.50 bits per heavy atom. The first-order valence-electron chi connectivity index (χ1n) is 4.63. The maximum Gasteiger partial charge on any atom is 0.144 e. The summed E-state index contributed by atoms with van der Waals surface area (Å²) in [7, 11) is 1.50. The molecule has 0 amide bonds. The monoisotopic (exact) mass is 239 g/mol. The normalized spacial score (nSPS) is 10.1. The van der Waals surface area contributed by atoms with E-state index in [0.717, 1.165) is 11.4 Å². The van der Waals surface area contributed by atoms with Crippen LogP contribution in [0.4, 0.5) is 10.1 Å². The van der Waals surface area contributed by atoms with Crippen LogP contribution in [-0.2, 0) is 6.54 Å². The summed E-state index contributed by atoms with van der Waals surface area (Å²) in [5.41, 5.74) is 1.58. The number of ether oxygens (including phenoxy) is 1. The molecule has 0 fully saturated rings. The van der Waals surface area contributed by atoms with Gasteiger partial charge >= 0.3 is 0 Å². The number of rotatable bonds is 4. The third-order valence-corrected chi connectivity index (χ3v) is 2.58. The van der Waals surface area contributed by atoms with Gasteiger partial charge < -0.3 is 10.1 Å². The first-order chi connectivity index (χ1) is 7.79. The number of anilines is 1. The third-order valence-electron chi connectivity index (χ3n) is 2.03. The van der Waals surface area contributed by atoms with E-state index in [1.807, 2.05) is 5.38 Å². The average molecular weight is 239 g/mol. The van der Waals surface area contributed by atoms with Gasteiger partial charge in [-0.1, -0.05) is 4.49 Å². The fourth-order valence-corrected chi connectivity index (χ4v) is 1.71. The predicted molar refractivity (Wildman–Crippen MR) is 60.2 cm³/mol. The van der Waals surface area contributed by atoms with Gasteiger partial charge in [0.1, 0.15) is 11.6 Å². The molecule has 1 heterocycles. The Bertz CT molecular complexity index is 461. The van der Waals surface area contributed by atoms with Crippen molar-refractivity contribution >= 4 is 17.2 Å². The Kier molecular flexibility index (Phi) is 3.31. The van der Waals surface area contributed by atoms with Crippen molar-refractivity contribution in [2.45, 2.75) is 6.54 Å². The number of nitrogens with zero attached hydrogens (tertiary/aromatic N) is 2. The molecule has 0 unspecified atom stereocenters. The van der Waals surface area contributed by atoms with Crippen molar-refractivity contribution in [3.8, 4) is 5.75 Å². The summed E-state index contributed by atoms with van der Waals surface area (Å²) in [4.78, 5) is 0. The molecule has 0 aliphatic rings. The minimum Gasteiger partial charge on any atom is -0.494 e. The van der Waals surface area contributed by atoms with Crippen LogP contribution >= 0.6 is 11.5 Å². The van der Waals surface area contributed by atoms with Crippen LogP contribution in [-0.4, -0.2) is 16.7 Å². The van der Waals surface area contributed by atoms with Gasteiger partial charge in [0.2, 0.25) is 0 Å². The topological polar surface area (TPSA) is 47.0 Å². The van der Waals surface area contributed by atoms with E-state index in [1.54, 1.807) is 6.07 Å². The SMILES string of the molecule is COc1cc(F)ccc1NCc1csnn1. The Balaban J connectivity index is 2.09. The van der Waals surface area contributed by atoms with Crippen LogP contribution in [0.1, 0.15) is 5.69 Å². The summed E-state index contributed by atoms with van der Waals surface area (Å²) < 4.78 is 21.7. The maximum atomic E-state index is 12.9. The lowest BCUT2D eigenvalue weighted by Gasteiger charge is -2.09. The molecule has 0 radical (unpaired) electrons. The Morgan fingerprint density at radius 3 is 3.06 bits per heavy atom. The summed E-state index contributed by atoms with van der Waals surface area (Å²) >= 11 is 1.29. The van der Waals surface area contributed by atoms with Crippen LogP contribution in [0, 0.1) is 5.82 Å². The molecule has 0 atom stereocenters. The standard InChI is InChI=1S/C10H10FN3OS/c1-15-10-4-7(11)2-3-9(10)12-5-8-6-16-14-13-8/h2-4,6,12H,5H2,1H3. The number of hydrogen-bond acceptors (Lipinski definition) is 5. The molecule has 0 saturated carbocycles. The lowest BCUT2D eigenvalue weighted by Crippen LogP contribution is -2.02. The molecule has 1 N–H and O–H groups in total. The van der Waals surface area contributed by atoms with E-state index in [4.69, 9.17) is 4.74 Å². The number of aromatic nitrogens is 2. The molecule has 1 aromatic heterocycles. The molecule has 2 rings (SSSR count). The van der Waals surface area contributed by atoms with E-state index in [1.165, 1.54) is 30.8 Å². The van der Waals surface area contributed by atoms with E-state index >= 15 is 0 Å². The molecule has 6 heteroatoms. The van der Waals surface area contributed by atoms with Crippen LogP contribution in [0.3, 0.4) is 0 Å². The average Bonchev–Trinajstić information content (AvgIpc) is 2.80. The zero-order chi connectivity index (χ0) is 11.4.